The molecule has 98 valence electrons. The van der Waals surface area contributed by atoms with Crippen LogP contribution in [-0.4, -0.2) is 21.8 Å². The molecule has 0 saturated carbocycles. The van der Waals surface area contributed by atoms with Crippen LogP contribution in [-0.2, 0) is 13.1 Å². The van der Waals surface area contributed by atoms with E-state index in [0.717, 1.165) is 19.5 Å². The Morgan fingerprint density at radius 1 is 1.35 bits per heavy atom. The predicted molar refractivity (Wildman–Crippen MR) is 72.2 cm³/mol. The fourth-order valence-electron chi connectivity index (χ4n) is 2.13. The molecule has 2 N–H and O–H groups in total. The van der Waals surface area contributed by atoms with E-state index in [1.807, 2.05) is 13.8 Å². The highest BCUT2D eigenvalue weighted by atomic mass is 16.3. The van der Waals surface area contributed by atoms with Gasteiger partial charge in [-0.2, -0.15) is 0 Å². The lowest BCUT2D eigenvalue weighted by molar-refractivity contribution is 0.0555. The summed E-state index contributed by atoms with van der Waals surface area (Å²) in [7, 11) is 0. The van der Waals surface area contributed by atoms with Crippen molar-refractivity contribution < 1.29 is 5.11 Å². The second-order valence-electron chi connectivity index (χ2n) is 5.09. The predicted octanol–water partition coefficient (Wildman–Crippen LogP) is 2.38. The zero-order chi connectivity index (χ0) is 13.1. The number of nitrogens with one attached hydrogen (secondary N) is 1. The van der Waals surface area contributed by atoms with Crippen molar-refractivity contribution in [2.45, 2.75) is 59.7 Å². The Morgan fingerprint density at radius 3 is 2.47 bits per heavy atom. The Balaban J connectivity index is 2.59. The molecule has 17 heavy (non-hydrogen) atoms. The van der Waals surface area contributed by atoms with Crippen LogP contribution in [0.15, 0.2) is 6.07 Å². The summed E-state index contributed by atoms with van der Waals surface area (Å²) in [6.45, 7) is 12.8. The SMILES string of the molecule is CCn1c(C)cc(CNCC(C)(O)CC)c1C. The molecule has 0 aromatic carbocycles. The lowest BCUT2D eigenvalue weighted by Crippen LogP contribution is -2.36. The monoisotopic (exact) mass is 238 g/mol. The minimum Gasteiger partial charge on any atom is -0.389 e. The van der Waals surface area contributed by atoms with E-state index in [1.165, 1.54) is 17.0 Å². The molecule has 0 radical (unpaired) electrons. The Hall–Kier alpha value is -0.800. The van der Waals surface area contributed by atoms with Crippen LogP contribution in [0.1, 0.15) is 44.1 Å². The summed E-state index contributed by atoms with van der Waals surface area (Å²) >= 11 is 0. The van der Waals surface area contributed by atoms with Gasteiger partial charge in [-0.05, 0) is 45.7 Å². The highest BCUT2D eigenvalue weighted by Gasteiger charge is 2.17. The Kier molecular flexibility index (Phi) is 4.78. The molecular weight excluding hydrogens is 212 g/mol. The van der Waals surface area contributed by atoms with Crippen molar-refractivity contribution in [1.29, 1.82) is 0 Å². The molecule has 1 aromatic heterocycles. The van der Waals surface area contributed by atoms with Crippen molar-refractivity contribution in [2.75, 3.05) is 6.54 Å². The first-order valence-corrected chi connectivity index (χ1v) is 6.50. The van der Waals surface area contributed by atoms with E-state index in [9.17, 15) is 5.11 Å². The van der Waals surface area contributed by atoms with E-state index in [4.69, 9.17) is 0 Å². The topological polar surface area (TPSA) is 37.2 Å². The van der Waals surface area contributed by atoms with Gasteiger partial charge in [0.1, 0.15) is 0 Å². The first kappa shape index (κ1) is 14.3. The van der Waals surface area contributed by atoms with Crippen LogP contribution >= 0.6 is 0 Å². The zero-order valence-corrected chi connectivity index (χ0v) is 11.8. The molecular formula is C14H26N2O. The summed E-state index contributed by atoms with van der Waals surface area (Å²) in [4.78, 5) is 0. The van der Waals surface area contributed by atoms with Gasteiger partial charge < -0.3 is 15.0 Å². The molecule has 0 saturated heterocycles. The van der Waals surface area contributed by atoms with Gasteiger partial charge >= 0.3 is 0 Å². The third-order valence-corrected chi connectivity index (χ3v) is 3.58. The number of aryl methyl sites for hydroxylation is 1. The van der Waals surface area contributed by atoms with Crippen LogP contribution in [0.25, 0.3) is 0 Å². The lowest BCUT2D eigenvalue weighted by atomic mass is 10.0. The van der Waals surface area contributed by atoms with Gasteiger partial charge in [0.15, 0.2) is 0 Å². The second kappa shape index (κ2) is 5.69. The highest BCUT2D eigenvalue weighted by Crippen LogP contribution is 2.15. The molecule has 1 atom stereocenters. The van der Waals surface area contributed by atoms with Crippen molar-refractivity contribution >= 4 is 0 Å². The number of nitrogens with zero attached hydrogens (tertiary/aromatic N) is 1. The molecule has 3 heteroatoms. The molecule has 0 bridgehead atoms. The number of rotatable bonds is 6. The summed E-state index contributed by atoms with van der Waals surface area (Å²) in [6, 6.07) is 2.23. The summed E-state index contributed by atoms with van der Waals surface area (Å²) < 4.78 is 2.31. The van der Waals surface area contributed by atoms with Crippen LogP contribution in [0.4, 0.5) is 0 Å². The van der Waals surface area contributed by atoms with E-state index < -0.39 is 5.60 Å². The van der Waals surface area contributed by atoms with Gasteiger partial charge in [0.2, 0.25) is 0 Å². The molecule has 1 heterocycles. The van der Waals surface area contributed by atoms with Crippen molar-refractivity contribution in [3.8, 4) is 0 Å². The molecule has 1 unspecified atom stereocenters. The molecule has 0 aliphatic heterocycles. The van der Waals surface area contributed by atoms with E-state index in [-0.39, 0.29) is 0 Å². The van der Waals surface area contributed by atoms with Gasteiger partial charge in [0.05, 0.1) is 5.60 Å². The molecule has 0 spiro atoms. The molecule has 3 nitrogen and oxygen atoms in total. The average molecular weight is 238 g/mol. The molecule has 0 fully saturated rings. The van der Waals surface area contributed by atoms with Crippen molar-refractivity contribution in [3.63, 3.8) is 0 Å². The van der Waals surface area contributed by atoms with Crippen LogP contribution in [0.5, 0.6) is 0 Å². The lowest BCUT2D eigenvalue weighted by Gasteiger charge is -2.21. The third kappa shape index (κ3) is 3.58. The van der Waals surface area contributed by atoms with E-state index >= 15 is 0 Å². The largest absolute Gasteiger partial charge is 0.389 e. The van der Waals surface area contributed by atoms with Crippen LogP contribution in [0.3, 0.4) is 0 Å². The minimum absolute atomic E-state index is 0.601. The quantitative estimate of drug-likeness (QED) is 0.798. The normalized spacial score (nSPS) is 14.9. The first-order chi connectivity index (χ1) is 7.91. The van der Waals surface area contributed by atoms with E-state index in [0.29, 0.717) is 6.54 Å². The van der Waals surface area contributed by atoms with Crippen LogP contribution in [0.2, 0.25) is 0 Å². The van der Waals surface area contributed by atoms with Gasteiger partial charge in [0, 0.05) is 31.0 Å². The van der Waals surface area contributed by atoms with Gasteiger partial charge in [-0.3, -0.25) is 0 Å². The number of aromatic nitrogens is 1. The fraction of sp³-hybridized carbons (Fsp3) is 0.714. The number of hydrogen-bond acceptors (Lipinski definition) is 2. The second-order valence-corrected chi connectivity index (χ2v) is 5.09. The molecule has 0 aliphatic carbocycles. The maximum atomic E-state index is 9.91. The maximum absolute atomic E-state index is 9.91. The highest BCUT2D eigenvalue weighted by molar-refractivity contribution is 5.26. The molecule has 1 aromatic rings. The zero-order valence-electron chi connectivity index (χ0n) is 11.8. The van der Waals surface area contributed by atoms with Crippen LogP contribution < -0.4 is 5.32 Å². The summed E-state index contributed by atoms with van der Waals surface area (Å²) in [5.74, 6) is 0. The van der Waals surface area contributed by atoms with E-state index in [2.05, 4.69) is 36.7 Å². The summed E-state index contributed by atoms with van der Waals surface area (Å²) in [5.41, 5.74) is 3.37. The van der Waals surface area contributed by atoms with Gasteiger partial charge in [-0.1, -0.05) is 6.92 Å². The van der Waals surface area contributed by atoms with Crippen LogP contribution in [0, 0.1) is 13.8 Å². The molecule has 0 aliphatic rings. The standard InChI is InChI=1S/C14H26N2O/c1-6-14(5,17)10-15-9-13-8-11(3)16(7-2)12(13)4/h8,15,17H,6-7,9-10H2,1-5H3. The minimum atomic E-state index is -0.601. The van der Waals surface area contributed by atoms with Crippen molar-refractivity contribution in [3.05, 3.63) is 23.0 Å². The van der Waals surface area contributed by atoms with Crippen molar-refractivity contribution in [2.24, 2.45) is 0 Å². The molecule has 1 rings (SSSR count). The summed E-state index contributed by atoms with van der Waals surface area (Å²) in [6.07, 6.45) is 0.772. The number of aliphatic hydroxyl groups is 1. The number of hydrogen-bond donors (Lipinski definition) is 2. The first-order valence-electron chi connectivity index (χ1n) is 6.50. The molecule has 0 amide bonds. The smallest absolute Gasteiger partial charge is 0.0741 e. The third-order valence-electron chi connectivity index (χ3n) is 3.58. The van der Waals surface area contributed by atoms with Gasteiger partial charge in [-0.25, -0.2) is 0 Å². The Labute approximate surface area is 105 Å². The average Bonchev–Trinajstić information content (AvgIpc) is 2.54. The fourth-order valence-corrected chi connectivity index (χ4v) is 2.13. The maximum Gasteiger partial charge on any atom is 0.0741 e. The Morgan fingerprint density at radius 2 is 2.00 bits per heavy atom. The van der Waals surface area contributed by atoms with Gasteiger partial charge in [-0.15, -0.1) is 0 Å². The summed E-state index contributed by atoms with van der Waals surface area (Å²) in [5, 5.41) is 13.2. The van der Waals surface area contributed by atoms with Gasteiger partial charge in [0.25, 0.3) is 0 Å². The van der Waals surface area contributed by atoms with Crippen molar-refractivity contribution in [1.82, 2.24) is 9.88 Å². The Bertz CT molecular complexity index is 367. The van der Waals surface area contributed by atoms with E-state index in [1.54, 1.807) is 0 Å².